The fourth-order valence-corrected chi connectivity index (χ4v) is 3.02. The lowest BCUT2D eigenvalue weighted by atomic mass is 9.86. The molecular weight excluding hydrogens is 220 g/mol. The van der Waals surface area contributed by atoms with Crippen molar-refractivity contribution in [1.29, 1.82) is 0 Å². The molecule has 0 amide bonds. The zero-order valence-corrected chi connectivity index (χ0v) is 10.3. The van der Waals surface area contributed by atoms with Crippen LogP contribution in [0.3, 0.4) is 0 Å². The first-order valence-corrected chi connectivity index (χ1v) is 6.25. The second-order valence-electron chi connectivity index (χ2n) is 5.00. The Labute approximate surface area is 101 Å². The molecule has 1 nitrogen and oxygen atoms in total. The number of nitrogens with one attached hydrogen (secondary N) is 1. The van der Waals surface area contributed by atoms with Gasteiger partial charge in [0, 0.05) is 11.6 Å². The normalized spacial score (nSPS) is 26.1. The average molecular weight is 239 g/mol. The first-order chi connectivity index (χ1) is 8.13. The summed E-state index contributed by atoms with van der Waals surface area (Å²) in [6, 6.07) is 3.63. The Bertz CT molecular complexity index is 392. The van der Waals surface area contributed by atoms with Crippen molar-refractivity contribution in [1.82, 2.24) is 5.32 Å². The van der Waals surface area contributed by atoms with Crippen LogP contribution in [0.4, 0.5) is 8.78 Å². The van der Waals surface area contributed by atoms with Gasteiger partial charge in [-0.2, -0.15) is 0 Å². The Balaban J connectivity index is 2.31. The van der Waals surface area contributed by atoms with Gasteiger partial charge in [0.05, 0.1) is 0 Å². The van der Waals surface area contributed by atoms with Gasteiger partial charge >= 0.3 is 0 Å². The third kappa shape index (κ3) is 2.49. The molecule has 94 valence electrons. The van der Waals surface area contributed by atoms with Gasteiger partial charge in [-0.1, -0.05) is 19.8 Å². The molecule has 2 rings (SSSR count). The number of rotatable bonds is 3. The lowest BCUT2D eigenvalue weighted by Crippen LogP contribution is -2.27. The third-order valence-electron chi connectivity index (χ3n) is 3.96. The molecule has 3 heteroatoms. The molecule has 0 heterocycles. The number of hydrogen-bond donors (Lipinski definition) is 1. The van der Waals surface area contributed by atoms with Gasteiger partial charge in [0.15, 0.2) is 0 Å². The van der Waals surface area contributed by atoms with Crippen molar-refractivity contribution in [2.24, 2.45) is 11.8 Å². The number of benzene rings is 1. The van der Waals surface area contributed by atoms with E-state index in [-0.39, 0.29) is 17.7 Å². The highest BCUT2D eigenvalue weighted by molar-refractivity contribution is 5.23. The molecule has 1 aliphatic carbocycles. The van der Waals surface area contributed by atoms with Gasteiger partial charge in [0.2, 0.25) is 0 Å². The van der Waals surface area contributed by atoms with E-state index in [0.717, 1.165) is 6.42 Å². The monoisotopic (exact) mass is 239 g/mol. The lowest BCUT2D eigenvalue weighted by Gasteiger charge is -2.27. The molecule has 3 atom stereocenters. The maximum Gasteiger partial charge on any atom is 0.128 e. The van der Waals surface area contributed by atoms with Crippen LogP contribution in [0.15, 0.2) is 18.2 Å². The summed E-state index contributed by atoms with van der Waals surface area (Å²) in [5, 5.41) is 3.15. The second-order valence-corrected chi connectivity index (χ2v) is 5.00. The van der Waals surface area contributed by atoms with E-state index in [0.29, 0.717) is 17.4 Å². The van der Waals surface area contributed by atoms with Gasteiger partial charge in [-0.25, -0.2) is 8.78 Å². The molecule has 1 aromatic carbocycles. The molecule has 1 N–H and O–H groups in total. The summed E-state index contributed by atoms with van der Waals surface area (Å²) in [6.07, 6.45) is 3.45. The summed E-state index contributed by atoms with van der Waals surface area (Å²) >= 11 is 0. The summed E-state index contributed by atoms with van der Waals surface area (Å²) < 4.78 is 27.0. The smallest absolute Gasteiger partial charge is 0.128 e. The van der Waals surface area contributed by atoms with E-state index < -0.39 is 0 Å². The molecule has 3 unspecified atom stereocenters. The largest absolute Gasteiger partial charge is 0.313 e. The van der Waals surface area contributed by atoms with Gasteiger partial charge < -0.3 is 5.32 Å². The molecule has 1 saturated carbocycles. The molecule has 1 aliphatic rings. The van der Waals surface area contributed by atoms with Crippen molar-refractivity contribution >= 4 is 0 Å². The van der Waals surface area contributed by atoms with Crippen LogP contribution in [-0.2, 0) is 0 Å². The molecule has 0 spiro atoms. The zero-order valence-electron chi connectivity index (χ0n) is 10.3. The Morgan fingerprint density at radius 2 is 2.06 bits per heavy atom. The van der Waals surface area contributed by atoms with Crippen molar-refractivity contribution in [2.75, 3.05) is 7.05 Å². The van der Waals surface area contributed by atoms with E-state index in [1.54, 1.807) is 0 Å². The molecule has 0 aromatic heterocycles. The third-order valence-corrected chi connectivity index (χ3v) is 3.96. The van der Waals surface area contributed by atoms with Crippen LogP contribution in [0, 0.1) is 23.5 Å². The Hall–Kier alpha value is -0.960. The maximum atomic E-state index is 13.8. The van der Waals surface area contributed by atoms with Crippen LogP contribution in [0.2, 0.25) is 0 Å². The summed E-state index contributed by atoms with van der Waals surface area (Å²) in [6.45, 7) is 2.19. The van der Waals surface area contributed by atoms with Gasteiger partial charge in [-0.05, 0) is 43.5 Å². The molecule has 0 radical (unpaired) electrons. The first kappa shape index (κ1) is 12.5. The van der Waals surface area contributed by atoms with Gasteiger partial charge in [-0.3, -0.25) is 0 Å². The van der Waals surface area contributed by atoms with Crippen molar-refractivity contribution in [3.05, 3.63) is 35.4 Å². The second kappa shape index (κ2) is 5.13. The maximum absolute atomic E-state index is 13.8. The molecule has 1 fully saturated rings. The van der Waals surface area contributed by atoms with E-state index in [9.17, 15) is 8.78 Å². The van der Waals surface area contributed by atoms with Crippen molar-refractivity contribution in [3.63, 3.8) is 0 Å². The van der Waals surface area contributed by atoms with Crippen LogP contribution in [0.25, 0.3) is 0 Å². The molecule has 17 heavy (non-hydrogen) atoms. The summed E-state index contributed by atoms with van der Waals surface area (Å²) in [5.74, 6) is 0.281. The van der Waals surface area contributed by atoms with Crippen molar-refractivity contribution < 1.29 is 8.78 Å². The SMILES string of the molecule is CNC(c1cc(F)ccc1F)C1CCCC1C. The van der Waals surface area contributed by atoms with Gasteiger partial charge in [0.1, 0.15) is 11.6 Å². The highest BCUT2D eigenvalue weighted by Crippen LogP contribution is 2.40. The van der Waals surface area contributed by atoms with Gasteiger partial charge in [0.25, 0.3) is 0 Å². The fourth-order valence-electron chi connectivity index (χ4n) is 3.02. The number of halogens is 2. The average Bonchev–Trinajstić information content (AvgIpc) is 2.71. The van der Waals surface area contributed by atoms with Crippen molar-refractivity contribution in [3.8, 4) is 0 Å². The summed E-state index contributed by atoms with van der Waals surface area (Å²) in [5.41, 5.74) is 0.464. The van der Waals surface area contributed by atoms with Crippen LogP contribution in [-0.4, -0.2) is 7.05 Å². The quantitative estimate of drug-likeness (QED) is 0.848. The molecule has 0 bridgehead atoms. The van der Waals surface area contributed by atoms with E-state index in [2.05, 4.69) is 12.2 Å². The summed E-state index contributed by atoms with van der Waals surface area (Å²) in [7, 11) is 1.82. The zero-order chi connectivity index (χ0) is 12.4. The van der Waals surface area contributed by atoms with E-state index >= 15 is 0 Å². The Morgan fingerprint density at radius 1 is 1.29 bits per heavy atom. The molecule has 0 saturated heterocycles. The minimum Gasteiger partial charge on any atom is -0.313 e. The Morgan fingerprint density at radius 3 is 2.65 bits per heavy atom. The summed E-state index contributed by atoms with van der Waals surface area (Å²) in [4.78, 5) is 0. The lowest BCUT2D eigenvalue weighted by molar-refractivity contribution is 0.308. The highest BCUT2D eigenvalue weighted by atomic mass is 19.1. The molecule has 1 aromatic rings. The van der Waals surface area contributed by atoms with Crippen molar-refractivity contribution in [2.45, 2.75) is 32.2 Å². The molecular formula is C14H19F2N. The predicted molar refractivity (Wildman–Crippen MR) is 64.7 cm³/mol. The highest BCUT2D eigenvalue weighted by Gasteiger charge is 2.32. The van der Waals surface area contributed by atoms with E-state index in [1.807, 2.05) is 7.05 Å². The fraction of sp³-hybridized carbons (Fsp3) is 0.571. The van der Waals surface area contributed by atoms with Gasteiger partial charge in [-0.15, -0.1) is 0 Å². The van der Waals surface area contributed by atoms with Crippen LogP contribution >= 0.6 is 0 Å². The van der Waals surface area contributed by atoms with Crippen LogP contribution in [0.5, 0.6) is 0 Å². The predicted octanol–water partition coefficient (Wildman–Crippen LogP) is 3.66. The van der Waals surface area contributed by atoms with Crippen LogP contribution < -0.4 is 5.32 Å². The minimum atomic E-state index is -0.368. The minimum absolute atomic E-state index is 0.0804. The first-order valence-electron chi connectivity index (χ1n) is 6.25. The standard InChI is InChI=1S/C14H19F2N/c1-9-4-3-5-11(9)14(17-2)12-8-10(15)6-7-13(12)16/h6-9,11,14,17H,3-5H2,1-2H3. The van der Waals surface area contributed by atoms with E-state index in [1.165, 1.54) is 31.0 Å². The van der Waals surface area contributed by atoms with Crippen LogP contribution in [0.1, 0.15) is 37.8 Å². The van der Waals surface area contributed by atoms with E-state index in [4.69, 9.17) is 0 Å². The number of hydrogen-bond acceptors (Lipinski definition) is 1. The topological polar surface area (TPSA) is 12.0 Å². The Kier molecular flexibility index (Phi) is 3.77. The molecule has 0 aliphatic heterocycles.